The van der Waals surface area contributed by atoms with Crippen molar-refractivity contribution in [3.63, 3.8) is 0 Å². The summed E-state index contributed by atoms with van der Waals surface area (Å²) >= 11 is 0. The summed E-state index contributed by atoms with van der Waals surface area (Å²) in [5, 5.41) is 5.34. The summed E-state index contributed by atoms with van der Waals surface area (Å²) in [5.41, 5.74) is 2.79. The van der Waals surface area contributed by atoms with E-state index in [0.717, 1.165) is 6.42 Å². The number of fused-ring (bicyclic) bond motifs is 2. The first-order valence-electron chi connectivity index (χ1n) is 7.35. The van der Waals surface area contributed by atoms with Crippen molar-refractivity contribution < 1.29 is 0 Å². The Morgan fingerprint density at radius 3 is 1.36 bits per heavy atom. The Hall–Kier alpha value is -1.60. The molecule has 0 saturated heterocycles. The van der Waals surface area contributed by atoms with Gasteiger partial charge in [0.25, 0.3) is 0 Å². The first-order valence-corrected chi connectivity index (χ1v) is 7.35. The molecule has 0 nitrogen and oxygen atoms in total. The predicted octanol–water partition coefficient (Wildman–Crippen LogP) is 4.94. The molecule has 0 bridgehead atoms. The number of benzene rings is 4. The quantitative estimate of drug-likeness (QED) is 0.459. The van der Waals surface area contributed by atoms with Crippen molar-refractivity contribution in [3.05, 3.63) is 96.1 Å². The fourth-order valence-corrected chi connectivity index (χ4v) is 3.10. The first kappa shape index (κ1) is 15.3. The summed E-state index contributed by atoms with van der Waals surface area (Å²) in [5.74, 6) is 0. The summed E-state index contributed by atoms with van der Waals surface area (Å²) in [4.78, 5) is 0. The van der Waals surface area contributed by atoms with Gasteiger partial charge in [0.2, 0.25) is 0 Å². The van der Waals surface area contributed by atoms with Crippen LogP contribution in [0.15, 0.2) is 84.9 Å². The zero-order chi connectivity index (χ0) is 14.1. The molecule has 0 aromatic heterocycles. The van der Waals surface area contributed by atoms with Gasteiger partial charge < -0.3 is 0 Å². The zero-order valence-electron chi connectivity index (χ0n) is 11.8. The third-order valence-corrected chi connectivity index (χ3v) is 4.14. The monoisotopic (exact) mass is 292 g/mol. The maximum Gasteiger partial charge on any atom is -0.00135 e. The minimum absolute atomic E-state index is 0. The van der Waals surface area contributed by atoms with Gasteiger partial charge in [0.05, 0.1) is 0 Å². The Kier molecular flexibility index (Phi) is 4.63. The maximum atomic E-state index is 2.24. The molecule has 0 aliphatic carbocycles. The van der Waals surface area contributed by atoms with Crippen LogP contribution in [-0.4, -0.2) is 29.6 Å². The van der Waals surface area contributed by atoms with Crippen molar-refractivity contribution in [2.45, 2.75) is 6.42 Å². The van der Waals surface area contributed by atoms with Crippen LogP contribution in [0.1, 0.15) is 11.1 Å². The molecule has 0 heterocycles. The molecule has 1 heteroatoms. The minimum Gasteiger partial charge on any atom is -0.0616 e. The maximum absolute atomic E-state index is 2.24. The Balaban J connectivity index is 0.00000144. The van der Waals surface area contributed by atoms with E-state index in [0.29, 0.717) is 0 Å². The van der Waals surface area contributed by atoms with Crippen molar-refractivity contribution in [2.75, 3.05) is 0 Å². The minimum atomic E-state index is 0. The molecule has 4 aromatic rings. The molecule has 0 radical (unpaired) electrons. The molecule has 0 aliphatic heterocycles. The molecule has 4 rings (SSSR count). The predicted molar refractivity (Wildman–Crippen MR) is 97.9 cm³/mol. The summed E-state index contributed by atoms with van der Waals surface area (Å²) < 4.78 is 0. The molecule has 0 N–H and O–H groups in total. The van der Waals surface area contributed by atoms with Crippen LogP contribution in [0.5, 0.6) is 0 Å². The standard InChI is InChI=1S/C21H16.Na.H/c1-3-13-20-16(7-1)9-5-11-18(20)15-19-12-6-10-17-8-2-4-14-21(17)19;;/h1-14H,15H2;;. The van der Waals surface area contributed by atoms with Crippen LogP contribution in [0.4, 0.5) is 0 Å². The molecular formula is C21H17Na. The molecule has 0 spiro atoms. The van der Waals surface area contributed by atoms with E-state index in [4.69, 9.17) is 0 Å². The van der Waals surface area contributed by atoms with Gasteiger partial charge in [0.15, 0.2) is 0 Å². The summed E-state index contributed by atoms with van der Waals surface area (Å²) in [6.45, 7) is 0. The van der Waals surface area contributed by atoms with E-state index >= 15 is 0 Å². The molecule has 102 valence electrons. The van der Waals surface area contributed by atoms with Crippen molar-refractivity contribution in [2.24, 2.45) is 0 Å². The Labute approximate surface area is 153 Å². The van der Waals surface area contributed by atoms with E-state index < -0.39 is 0 Å². The first-order chi connectivity index (χ1) is 10.4. The Morgan fingerprint density at radius 1 is 0.455 bits per heavy atom. The fourth-order valence-electron chi connectivity index (χ4n) is 3.10. The topological polar surface area (TPSA) is 0 Å². The van der Waals surface area contributed by atoms with E-state index in [2.05, 4.69) is 84.9 Å². The van der Waals surface area contributed by atoms with Crippen LogP contribution < -0.4 is 0 Å². The van der Waals surface area contributed by atoms with Crippen molar-refractivity contribution in [1.29, 1.82) is 0 Å². The molecule has 22 heavy (non-hydrogen) atoms. The van der Waals surface area contributed by atoms with Gasteiger partial charge >= 0.3 is 29.6 Å². The van der Waals surface area contributed by atoms with Crippen molar-refractivity contribution >= 4 is 51.1 Å². The van der Waals surface area contributed by atoms with Crippen molar-refractivity contribution in [1.82, 2.24) is 0 Å². The van der Waals surface area contributed by atoms with Crippen LogP contribution >= 0.6 is 0 Å². The second-order valence-electron chi connectivity index (χ2n) is 5.45. The van der Waals surface area contributed by atoms with Crippen LogP contribution in [-0.2, 0) is 6.42 Å². The molecule has 0 atom stereocenters. The number of rotatable bonds is 2. The SMILES string of the molecule is [NaH].c1ccc2c(Cc3cccc4ccccc34)cccc2c1. The van der Waals surface area contributed by atoms with Gasteiger partial charge in [-0.25, -0.2) is 0 Å². The summed E-state index contributed by atoms with van der Waals surface area (Å²) in [7, 11) is 0. The third kappa shape index (κ3) is 2.83. The molecule has 4 aromatic carbocycles. The normalized spacial score (nSPS) is 10.5. The largest absolute Gasteiger partial charge is 0.0616 e. The van der Waals surface area contributed by atoms with Crippen molar-refractivity contribution in [3.8, 4) is 0 Å². The van der Waals surface area contributed by atoms with Crippen LogP contribution in [0, 0.1) is 0 Å². The van der Waals surface area contributed by atoms with Gasteiger partial charge in [-0.1, -0.05) is 84.9 Å². The average molecular weight is 292 g/mol. The van der Waals surface area contributed by atoms with E-state index in [1.54, 1.807) is 0 Å². The molecule has 0 saturated carbocycles. The third-order valence-electron chi connectivity index (χ3n) is 4.14. The van der Waals surface area contributed by atoms with Gasteiger partial charge in [-0.3, -0.25) is 0 Å². The van der Waals surface area contributed by atoms with E-state index in [9.17, 15) is 0 Å². The molecule has 0 fully saturated rings. The molecule has 0 amide bonds. The second-order valence-corrected chi connectivity index (χ2v) is 5.45. The van der Waals surface area contributed by atoms with Gasteiger partial charge in [0.1, 0.15) is 0 Å². The van der Waals surface area contributed by atoms with E-state index in [-0.39, 0.29) is 29.6 Å². The number of hydrogen-bond donors (Lipinski definition) is 0. The number of hydrogen-bond acceptors (Lipinski definition) is 0. The summed E-state index contributed by atoms with van der Waals surface area (Å²) in [6, 6.07) is 30.4. The zero-order valence-corrected chi connectivity index (χ0v) is 11.8. The average Bonchev–Trinajstić information content (AvgIpc) is 2.56. The van der Waals surface area contributed by atoms with Gasteiger partial charge in [-0.15, -0.1) is 0 Å². The molecule has 0 aliphatic rings. The molecule has 0 unspecified atom stereocenters. The van der Waals surface area contributed by atoms with Gasteiger partial charge in [0, 0.05) is 0 Å². The van der Waals surface area contributed by atoms with Crippen LogP contribution in [0.25, 0.3) is 21.5 Å². The molecular weight excluding hydrogens is 275 g/mol. The van der Waals surface area contributed by atoms with Crippen LogP contribution in [0.2, 0.25) is 0 Å². The van der Waals surface area contributed by atoms with E-state index in [1.165, 1.54) is 32.7 Å². The fraction of sp³-hybridized carbons (Fsp3) is 0.0476. The smallest absolute Gasteiger partial charge is 0.00135 e. The summed E-state index contributed by atoms with van der Waals surface area (Å²) in [6.07, 6.45) is 0.975. The van der Waals surface area contributed by atoms with Gasteiger partial charge in [-0.05, 0) is 39.1 Å². The Bertz CT molecular complexity index is 837. The van der Waals surface area contributed by atoms with Crippen LogP contribution in [0.3, 0.4) is 0 Å². The second kappa shape index (κ2) is 6.66. The Morgan fingerprint density at radius 2 is 0.864 bits per heavy atom. The van der Waals surface area contributed by atoms with Gasteiger partial charge in [-0.2, -0.15) is 0 Å². The van der Waals surface area contributed by atoms with E-state index in [1.807, 2.05) is 0 Å².